The molecule has 72 valence electrons. The summed E-state index contributed by atoms with van der Waals surface area (Å²) >= 11 is 0. The summed E-state index contributed by atoms with van der Waals surface area (Å²) in [5.41, 5.74) is 0.656. The molecule has 0 aliphatic heterocycles. The number of ether oxygens (including phenoxy) is 1. The molecule has 14 heavy (non-hydrogen) atoms. The van der Waals surface area contributed by atoms with E-state index in [4.69, 9.17) is 10.00 Å². The average Bonchev–Trinajstić information content (AvgIpc) is 2.25. The number of hydrogen-bond acceptors (Lipinski definition) is 2. The minimum absolute atomic E-state index is 0.656. The predicted molar refractivity (Wildman–Crippen MR) is 56.1 cm³/mol. The van der Waals surface area contributed by atoms with Gasteiger partial charge in [-0.15, -0.1) is 6.58 Å². The van der Waals surface area contributed by atoms with Crippen molar-refractivity contribution < 1.29 is 4.74 Å². The van der Waals surface area contributed by atoms with Crippen LogP contribution < -0.4 is 4.74 Å². The first-order chi connectivity index (χ1) is 6.86. The molecule has 0 fully saturated rings. The summed E-state index contributed by atoms with van der Waals surface area (Å²) in [4.78, 5) is 0. The van der Waals surface area contributed by atoms with Crippen LogP contribution in [0.2, 0.25) is 0 Å². The van der Waals surface area contributed by atoms with Crippen molar-refractivity contribution in [3.63, 3.8) is 0 Å². The van der Waals surface area contributed by atoms with Crippen molar-refractivity contribution in [2.75, 3.05) is 6.61 Å². The van der Waals surface area contributed by atoms with E-state index >= 15 is 0 Å². The number of unbranched alkanes of at least 4 members (excludes halogenated alkanes) is 1. The Morgan fingerprint density at radius 1 is 1.36 bits per heavy atom. The van der Waals surface area contributed by atoms with Gasteiger partial charge in [0.15, 0.2) is 0 Å². The molecule has 1 rings (SSSR count). The van der Waals surface area contributed by atoms with Gasteiger partial charge in [0.25, 0.3) is 0 Å². The Morgan fingerprint density at radius 2 is 2.07 bits per heavy atom. The van der Waals surface area contributed by atoms with Gasteiger partial charge in [0.1, 0.15) is 5.75 Å². The molecule has 0 aromatic heterocycles. The van der Waals surface area contributed by atoms with Crippen LogP contribution >= 0.6 is 0 Å². The number of hydrogen-bond donors (Lipinski definition) is 0. The highest BCUT2D eigenvalue weighted by atomic mass is 16.5. The molecule has 0 spiro atoms. The lowest BCUT2D eigenvalue weighted by Gasteiger charge is -2.04. The van der Waals surface area contributed by atoms with Crippen LogP contribution in [0.15, 0.2) is 36.9 Å². The van der Waals surface area contributed by atoms with Gasteiger partial charge in [-0.05, 0) is 37.1 Å². The molecule has 0 unspecified atom stereocenters. The molecule has 0 saturated carbocycles. The summed E-state index contributed by atoms with van der Waals surface area (Å²) in [6, 6.07) is 9.19. The van der Waals surface area contributed by atoms with Crippen molar-refractivity contribution in [2.24, 2.45) is 0 Å². The largest absolute Gasteiger partial charge is 0.494 e. The topological polar surface area (TPSA) is 33.0 Å². The normalized spacial score (nSPS) is 9.07. The van der Waals surface area contributed by atoms with Gasteiger partial charge in [-0.25, -0.2) is 0 Å². The first-order valence-electron chi connectivity index (χ1n) is 4.60. The van der Waals surface area contributed by atoms with E-state index in [9.17, 15) is 0 Å². The molecule has 0 aliphatic carbocycles. The molecule has 2 heteroatoms. The van der Waals surface area contributed by atoms with Crippen LogP contribution in [0.5, 0.6) is 5.75 Å². The second-order valence-electron chi connectivity index (χ2n) is 2.92. The third-order valence-electron chi connectivity index (χ3n) is 1.80. The van der Waals surface area contributed by atoms with Gasteiger partial charge in [0, 0.05) is 0 Å². The van der Waals surface area contributed by atoms with Crippen molar-refractivity contribution in [3.05, 3.63) is 42.5 Å². The summed E-state index contributed by atoms with van der Waals surface area (Å²) in [7, 11) is 0. The van der Waals surface area contributed by atoms with Gasteiger partial charge in [0.2, 0.25) is 0 Å². The maximum atomic E-state index is 8.57. The number of benzene rings is 1. The van der Waals surface area contributed by atoms with Crippen LogP contribution in [0.1, 0.15) is 18.4 Å². The molecule has 1 aromatic carbocycles. The first kappa shape index (κ1) is 10.3. The highest BCUT2D eigenvalue weighted by Gasteiger charge is 1.93. The Hall–Kier alpha value is -1.75. The highest BCUT2D eigenvalue weighted by Crippen LogP contribution is 2.11. The van der Waals surface area contributed by atoms with Crippen molar-refractivity contribution >= 4 is 0 Å². The Morgan fingerprint density at radius 3 is 2.64 bits per heavy atom. The zero-order chi connectivity index (χ0) is 10.2. The van der Waals surface area contributed by atoms with Crippen molar-refractivity contribution in [1.29, 1.82) is 5.26 Å². The molecule has 0 N–H and O–H groups in total. The van der Waals surface area contributed by atoms with Crippen molar-refractivity contribution in [3.8, 4) is 11.8 Å². The highest BCUT2D eigenvalue weighted by molar-refractivity contribution is 5.34. The van der Waals surface area contributed by atoms with Crippen LogP contribution in [0, 0.1) is 11.3 Å². The SMILES string of the molecule is C=CCCCOc1ccc(C#N)cc1. The van der Waals surface area contributed by atoms with Crippen LogP contribution in [-0.4, -0.2) is 6.61 Å². The second kappa shape index (κ2) is 5.82. The fraction of sp³-hybridized carbons (Fsp3) is 0.250. The maximum Gasteiger partial charge on any atom is 0.119 e. The van der Waals surface area contributed by atoms with E-state index < -0.39 is 0 Å². The molecule has 0 heterocycles. The van der Waals surface area contributed by atoms with Gasteiger partial charge in [0.05, 0.1) is 18.2 Å². The smallest absolute Gasteiger partial charge is 0.119 e. The fourth-order valence-electron chi connectivity index (χ4n) is 1.04. The molecular formula is C12H13NO. The molecule has 0 bridgehead atoms. The third kappa shape index (κ3) is 3.32. The minimum Gasteiger partial charge on any atom is -0.494 e. The third-order valence-corrected chi connectivity index (χ3v) is 1.80. The number of rotatable bonds is 5. The Bertz CT molecular complexity index is 321. The van der Waals surface area contributed by atoms with E-state index in [0.29, 0.717) is 12.2 Å². The lowest BCUT2D eigenvalue weighted by atomic mass is 10.2. The first-order valence-corrected chi connectivity index (χ1v) is 4.60. The summed E-state index contributed by atoms with van der Waals surface area (Å²) in [5.74, 6) is 0.813. The number of allylic oxidation sites excluding steroid dienone is 1. The van der Waals surface area contributed by atoms with Crippen LogP contribution in [0.25, 0.3) is 0 Å². The quantitative estimate of drug-likeness (QED) is 0.524. The fourth-order valence-corrected chi connectivity index (χ4v) is 1.04. The standard InChI is InChI=1S/C12H13NO/c1-2-3-4-9-14-12-7-5-11(10-13)6-8-12/h2,5-8H,1,3-4,9H2. The van der Waals surface area contributed by atoms with Gasteiger partial charge < -0.3 is 4.74 Å². The Balaban J connectivity index is 2.37. The van der Waals surface area contributed by atoms with E-state index in [-0.39, 0.29) is 0 Å². The maximum absolute atomic E-state index is 8.57. The number of nitriles is 1. The minimum atomic E-state index is 0.656. The lowest BCUT2D eigenvalue weighted by Crippen LogP contribution is -1.96. The summed E-state index contributed by atoms with van der Waals surface area (Å²) in [6.45, 7) is 4.33. The van der Waals surface area contributed by atoms with Crippen molar-refractivity contribution in [2.45, 2.75) is 12.8 Å². The van der Waals surface area contributed by atoms with E-state index in [1.165, 1.54) is 0 Å². The van der Waals surface area contributed by atoms with Crippen molar-refractivity contribution in [1.82, 2.24) is 0 Å². The molecule has 0 saturated heterocycles. The van der Waals surface area contributed by atoms with E-state index in [1.807, 2.05) is 18.2 Å². The van der Waals surface area contributed by atoms with E-state index in [1.54, 1.807) is 12.1 Å². The molecule has 0 atom stereocenters. The van der Waals surface area contributed by atoms with Gasteiger partial charge in [-0.2, -0.15) is 5.26 Å². The zero-order valence-corrected chi connectivity index (χ0v) is 8.07. The molecule has 1 aromatic rings. The summed E-state index contributed by atoms with van der Waals surface area (Å²) in [6.07, 6.45) is 3.82. The lowest BCUT2D eigenvalue weighted by molar-refractivity contribution is 0.312. The molecule has 2 nitrogen and oxygen atoms in total. The monoisotopic (exact) mass is 187 g/mol. The zero-order valence-electron chi connectivity index (χ0n) is 8.07. The molecular weight excluding hydrogens is 174 g/mol. The Labute approximate surface area is 84.4 Å². The summed E-state index contributed by atoms with van der Waals surface area (Å²) in [5, 5.41) is 8.57. The second-order valence-corrected chi connectivity index (χ2v) is 2.92. The molecule has 0 amide bonds. The van der Waals surface area contributed by atoms with Gasteiger partial charge in [-0.3, -0.25) is 0 Å². The van der Waals surface area contributed by atoms with Crippen LogP contribution in [0.3, 0.4) is 0 Å². The van der Waals surface area contributed by atoms with E-state index in [0.717, 1.165) is 18.6 Å². The predicted octanol–water partition coefficient (Wildman–Crippen LogP) is 2.90. The average molecular weight is 187 g/mol. The van der Waals surface area contributed by atoms with Crippen LogP contribution in [0.4, 0.5) is 0 Å². The molecule has 0 aliphatic rings. The number of nitrogens with zero attached hydrogens (tertiary/aromatic N) is 1. The van der Waals surface area contributed by atoms with Gasteiger partial charge >= 0.3 is 0 Å². The molecule has 0 radical (unpaired) electrons. The Kier molecular flexibility index (Phi) is 4.30. The van der Waals surface area contributed by atoms with Crippen LogP contribution in [-0.2, 0) is 0 Å². The summed E-state index contributed by atoms with van der Waals surface area (Å²) < 4.78 is 5.45. The van der Waals surface area contributed by atoms with Gasteiger partial charge in [-0.1, -0.05) is 6.08 Å². The van der Waals surface area contributed by atoms with E-state index in [2.05, 4.69) is 12.6 Å².